The first kappa shape index (κ1) is 45.8. The number of ether oxygens (including phenoxy) is 1. The van der Waals surface area contributed by atoms with Crippen LogP contribution in [0.25, 0.3) is 38.8 Å². The molecule has 5 heteroatoms. The molecule has 0 aliphatic carbocycles. The Balaban J connectivity index is 1.11. The molecule has 1 aliphatic rings. The van der Waals surface area contributed by atoms with Gasteiger partial charge in [0.25, 0.3) is 0 Å². The van der Waals surface area contributed by atoms with Gasteiger partial charge in [0.15, 0.2) is 0 Å². The van der Waals surface area contributed by atoms with Crippen molar-refractivity contribution in [2.24, 2.45) is 0 Å². The molecule has 3 heterocycles. The van der Waals surface area contributed by atoms with Crippen LogP contribution in [0.5, 0.6) is 11.5 Å². The first-order valence-electron chi connectivity index (χ1n) is 24.1. The average Bonchev–Trinajstić information content (AvgIpc) is 3.81. The minimum absolute atomic E-state index is 0.00899. The fourth-order valence-electron chi connectivity index (χ4n) is 9.45. The Labute approximate surface area is 400 Å². The SMILES string of the molecule is CC(C)(C)c1cc(-c2cc(-n3c4ccccc4c4ccc(Oc5cccc(N6CN(c7cc(C(C)(C)C)cc(C(C)(C)C)c7)c7ccccc76)c5)cc43)ncc2C(C)(C)C)cc(C(C)(C)C)c1. The van der Waals surface area contributed by atoms with Crippen LogP contribution in [0, 0.1) is 0 Å². The van der Waals surface area contributed by atoms with E-state index in [1.54, 1.807) is 0 Å². The van der Waals surface area contributed by atoms with E-state index in [1.165, 1.54) is 61.4 Å². The van der Waals surface area contributed by atoms with Crippen molar-refractivity contribution in [2.45, 2.75) is 131 Å². The third-order valence-corrected chi connectivity index (χ3v) is 13.6. The third kappa shape index (κ3) is 8.86. The molecule has 344 valence electrons. The number of anilines is 4. The molecule has 0 N–H and O–H groups in total. The largest absolute Gasteiger partial charge is 0.457 e. The lowest BCUT2D eigenvalue weighted by atomic mass is 9.77. The lowest BCUT2D eigenvalue weighted by Gasteiger charge is -2.29. The average molecular weight is 887 g/mol. The number of aromatic nitrogens is 2. The Morgan fingerprint density at radius 2 is 0.955 bits per heavy atom. The molecule has 0 fully saturated rings. The van der Waals surface area contributed by atoms with Gasteiger partial charge in [-0.15, -0.1) is 0 Å². The number of benzene rings is 6. The van der Waals surface area contributed by atoms with Gasteiger partial charge in [0, 0.05) is 40.5 Å². The van der Waals surface area contributed by atoms with Crippen LogP contribution in [0.4, 0.5) is 22.7 Å². The van der Waals surface area contributed by atoms with Crippen LogP contribution in [0.15, 0.2) is 140 Å². The van der Waals surface area contributed by atoms with Gasteiger partial charge in [-0.3, -0.25) is 4.57 Å². The number of fused-ring (bicyclic) bond motifs is 4. The number of nitrogens with zero attached hydrogens (tertiary/aromatic N) is 4. The van der Waals surface area contributed by atoms with Gasteiger partial charge in [-0.05, 0) is 127 Å². The topological polar surface area (TPSA) is 33.5 Å². The zero-order chi connectivity index (χ0) is 48.0. The van der Waals surface area contributed by atoms with E-state index in [2.05, 4.69) is 258 Å². The van der Waals surface area contributed by atoms with Crippen molar-refractivity contribution in [1.29, 1.82) is 0 Å². The van der Waals surface area contributed by atoms with E-state index < -0.39 is 0 Å². The number of rotatable bonds is 6. The fraction of sp³-hybridized carbons (Fsp3) is 0.339. The zero-order valence-corrected chi connectivity index (χ0v) is 42.7. The fourth-order valence-corrected chi connectivity index (χ4v) is 9.45. The molecule has 1 aliphatic heterocycles. The smallest absolute Gasteiger partial charge is 0.138 e. The predicted molar refractivity (Wildman–Crippen MR) is 286 cm³/mol. The van der Waals surface area contributed by atoms with Crippen LogP contribution >= 0.6 is 0 Å². The summed E-state index contributed by atoms with van der Waals surface area (Å²) in [6.45, 7) is 35.2. The van der Waals surface area contributed by atoms with Crippen molar-refractivity contribution in [3.63, 3.8) is 0 Å². The van der Waals surface area contributed by atoms with Gasteiger partial charge in [0.2, 0.25) is 0 Å². The third-order valence-electron chi connectivity index (χ3n) is 13.6. The van der Waals surface area contributed by atoms with Crippen molar-refractivity contribution in [1.82, 2.24) is 9.55 Å². The summed E-state index contributed by atoms with van der Waals surface area (Å²) in [6, 6.07) is 49.1. The Morgan fingerprint density at radius 1 is 0.433 bits per heavy atom. The molecule has 0 saturated carbocycles. The number of hydrogen-bond acceptors (Lipinski definition) is 4. The summed E-state index contributed by atoms with van der Waals surface area (Å²) in [7, 11) is 0. The molecule has 8 aromatic rings. The maximum Gasteiger partial charge on any atom is 0.138 e. The van der Waals surface area contributed by atoms with E-state index in [4.69, 9.17) is 9.72 Å². The minimum atomic E-state index is -0.126. The highest BCUT2D eigenvalue weighted by Crippen LogP contribution is 2.47. The van der Waals surface area contributed by atoms with Crippen molar-refractivity contribution in [3.8, 4) is 28.4 Å². The zero-order valence-electron chi connectivity index (χ0n) is 42.7. The van der Waals surface area contributed by atoms with Crippen molar-refractivity contribution < 1.29 is 4.74 Å². The van der Waals surface area contributed by atoms with Crippen LogP contribution in [0.1, 0.15) is 132 Å². The van der Waals surface area contributed by atoms with E-state index in [-0.39, 0.29) is 27.1 Å². The van der Waals surface area contributed by atoms with E-state index in [0.29, 0.717) is 6.67 Å². The van der Waals surface area contributed by atoms with Gasteiger partial charge in [-0.2, -0.15) is 0 Å². The number of para-hydroxylation sites is 3. The molecular weight excluding hydrogens is 817 g/mol. The summed E-state index contributed by atoms with van der Waals surface area (Å²) in [4.78, 5) is 10.1. The van der Waals surface area contributed by atoms with Gasteiger partial charge < -0.3 is 14.5 Å². The minimum Gasteiger partial charge on any atom is -0.457 e. The molecular formula is C62H70N4O. The van der Waals surface area contributed by atoms with E-state index in [1.807, 2.05) is 0 Å². The van der Waals surface area contributed by atoms with Gasteiger partial charge in [0.05, 0.1) is 22.4 Å². The Kier molecular flexibility index (Phi) is 11.1. The highest BCUT2D eigenvalue weighted by molar-refractivity contribution is 6.09. The summed E-state index contributed by atoms with van der Waals surface area (Å²) in [5.74, 6) is 2.43. The predicted octanol–water partition coefficient (Wildman–Crippen LogP) is 17.4. The summed E-state index contributed by atoms with van der Waals surface area (Å²) in [6.07, 6.45) is 2.11. The second-order valence-electron chi connectivity index (χ2n) is 24.0. The highest BCUT2D eigenvalue weighted by atomic mass is 16.5. The Bertz CT molecular complexity index is 3110. The van der Waals surface area contributed by atoms with E-state index in [0.717, 1.165) is 39.4 Å². The maximum atomic E-state index is 6.85. The van der Waals surface area contributed by atoms with E-state index in [9.17, 15) is 0 Å². The van der Waals surface area contributed by atoms with Crippen LogP contribution in [-0.2, 0) is 27.1 Å². The molecule has 67 heavy (non-hydrogen) atoms. The number of pyridine rings is 1. The Hall–Kier alpha value is -6.33. The molecule has 0 spiro atoms. The molecule has 2 aromatic heterocycles. The highest BCUT2D eigenvalue weighted by Gasteiger charge is 2.31. The summed E-state index contributed by atoms with van der Waals surface area (Å²) >= 11 is 0. The van der Waals surface area contributed by atoms with E-state index >= 15 is 0 Å². The van der Waals surface area contributed by atoms with Gasteiger partial charge in [-0.25, -0.2) is 4.98 Å². The van der Waals surface area contributed by atoms with Crippen molar-refractivity contribution >= 4 is 44.6 Å². The van der Waals surface area contributed by atoms with Gasteiger partial charge in [-0.1, -0.05) is 165 Å². The molecule has 0 atom stereocenters. The van der Waals surface area contributed by atoms with Crippen LogP contribution in [-0.4, -0.2) is 16.2 Å². The van der Waals surface area contributed by atoms with Crippen LogP contribution in [0.3, 0.4) is 0 Å². The molecule has 5 nitrogen and oxygen atoms in total. The normalized spacial score (nSPS) is 13.8. The second-order valence-corrected chi connectivity index (χ2v) is 24.0. The molecule has 0 unspecified atom stereocenters. The molecule has 0 radical (unpaired) electrons. The number of hydrogen-bond donors (Lipinski definition) is 0. The first-order valence-corrected chi connectivity index (χ1v) is 24.1. The summed E-state index contributed by atoms with van der Waals surface area (Å²) in [5, 5.41) is 2.34. The lowest BCUT2D eigenvalue weighted by Crippen LogP contribution is -2.25. The lowest BCUT2D eigenvalue weighted by molar-refractivity contribution is 0.483. The van der Waals surface area contributed by atoms with Gasteiger partial charge in [0.1, 0.15) is 24.0 Å². The summed E-state index contributed by atoms with van der Waals surface area (Å²) < 4.78 is 9.17. The Morgan fingerprint density at radius 3 is 1.54 bits per heavy atom. The van der Waals surface area contributed by atoms with Crippen molar-refractivity contribution in [2.75, 3.05) is 16.5 Å². The standard InChI is InChI=1S/C62H70N4O/c1-58(2,3)41-29-40(30-42(31-41)59(4,5)6)51-37-57(63-38-52(51)62(13,14)15)66-53-24-17-16-23-49(53)50-28-27-48(36-56(50)66)67-47-22-20-21-45(35-47)64-39-65(55-26-19-18-25-54(55)64)46-33-43(60(7,8)9)32-44(34-46)61(10,11)12/h16-38H,39H2,1-15H3. The maximum absolute atomic E-state index is 6.85. The molecule has 6 aromatic carbocycles. The quantitative estimate of drug-likeness (QED) is 0.167. The van der Waals surface area contributed by atoms with Crippen LogP contribution < -0.4 is 14.5 Å². The monoisotopic (exact) mass is 887 g/mol. The van der Waals surface area contributed by atoms with Gasteiger partial charge >= 0.3 is 0 Å². The first-order chi connectivity index (χ1) is 31.3. The molecule has 0 saturated heterocycles. The summed E-state index contributed by atoms with van der Waals surface area (Å²) in [5.41, 5.74) is 15.7. The van der Waals surface area contributed by atoms with Crippen molar-refractivity contribution in [3.05, 3.63) is 167 Å². The van der Waals surface area contributed by atoms with Crippen LogP contribution in [0.2, 0.25) is 0 Å². The molecule has 9 rings (SSSR count). The molecule has 0 bridgehead atoms. The second kappa shape index (κ2) is 16.2. The molecule has 0 amide bonds.